The van der Waals surface area contributed by atoms with Gasteiger partial charge in [-0.3, -0.25) is 0 Å². The van der Waals surface area contributed by atoms with Crippen LogP contribution in [0, 0.1) is 0 Å². The highest BCUT2D eigenvalue weighted by Crippen LogP contribution is 2.28. The lowest BCUT2D eigenvalue weighted by Gasteiger charge is -2.21. The van der Waals surface area contributed by atoms with Crippen LogP contribution in [0.2, 0.25) is 0 Å². The molecular formula is C13H13FO. The Morgan fingerprint density at radius 2 is 2.00 bits per heavy atom. The Kier molecular flexibility index (Phi) is 2.69. The quantitative estimate of drug-likeness (QED) is 0.785. The van der Waals surface area contributed by atoms with E-state index >= 15 is 0 Å². The SMILES string of the molecule is OCC1(F)C=CC(c2ccccc2)=CC1. The standard InChI is InChI=1S/C13H13FO/c14-13(10-15)8-6-12(7-9-13)11-4-2-1-3-5-11/h1-8,15H,9-10H2. The first-order valence-electron chi connectivity index (χ1n) is 4.98. The topological polar surface area (TPSA) is 20.2 Å². The molecule has 1 aromatic carbocycles. The maximum Gasteiger partial charge on any atom is 0.155 e. The number of aliphatic hydroxyl groups excluding tert-OH is 1. The predicted octanol–water partition coefficient (Wildman–Crippen LogP) is 2.73. The fraction of sp³-hybridized carbons (Fsp3) is 0.231. The lowest BCUT2D eigenvalue weighted by molar-refractivity contribution is 0.116. The van der Waals surface area contributed by atoms with Crippen LogP contribution in [0.3, 0.4) is 0 Å². The third-order valence-electron chi connectivity index (χ3n) is 2.59. The summed E-state index contributed by atoms with van der Waals surface area (Å²) in [7, 11) is 0. The van der Waals surface area contributed by atoms with E-state index in [2.05, 4.69) is 0 Å². The summed E-state index contributed by atoms with van der Waals surface area (Å²) in [5.41, 5.74) is 0.518. The van der Waals surface area contributed by atoms with E-state index in [1.807, 2.05) is 36.4 Å². The number of allylic oxidation sites excluding steroid dienone is 3. The highest BCUT2D eigenvalue weighted by atomic mass is 19.1. The van der Waals surface area contributed by atoms with Gasteiger partial charge in [-0.25, -0.2) is 4.39 Å². The normalized spacial score (nSPS) is 25.1. The number of halogens is 1. The van der Waals surface area contributed by atoms with Gasteiger partial charge in [0.1, 0.15) is 0 Å². The zero-order chi connectivity index (χ0) is 10.7. The molecule has 0 amide bonds. The minimum absolute atomic E-state index is 0.240. The summed E-state index contributed by atoms with van der Waals surface area (Å²) in [5.74, 6) is 0. The number of hydrogen-bond acceptors (Lipinski definition) is 1. The molecule has 2 heteroatoms. The molecule has 1 unspecified atom stereocenters. The summed E-state index contributed by atoms with van der Waals surface area (Å²) >= 11 is 0. The van der Waals surface area contributed by atoms with Gasteiger partial charge in [-0.15, -0.1) is 0 Å². The van der Waals surface area contributed by atoms with E-state index in [1.54, 1.807) is 6.08 Å². The Balaban J connectivity index is 2.20. The minimum Gasteiger partial charge on any atom is -0.393 e. The molecule has 0 aromatic heterocycles. The van der Waals surface area contributed by atoms with E-state index in [9.17, 15) is 4.39 Å². The van der Waals surface area contributed by atoms with Gasteiger partial charge >= 0.3 is 0 Å². The Labute approximate surface area is 88.6 Å². The van der Waals surface area contributed by atoms with Crippen molar-refractivity contribution in [2.75, 3.05) is 6.61 Å². The molecule has 1 aromatic rings. The van der Waals surface area contributed by atoms with Crippen molar-refractivity contribution in [2.45, 2.75) is 12.1 Å². The molecule has 0 saturated carbocycles. The highest BCUT2D eigenvalue weighted by molar-refractivity contribution is 5.75. The highest BCUT2D eigenvalue weighted by Gasteiger charge is 2.26. The maximum absolute atomic E-state index is 13.6. The smallest absolute Gasteiger partial charge is 0.155 e. The second kappa shape index (κ2) is 3.99. The van der Waals surface area contributed by atoms with Gasteiger partial charge in [0.05, 0.1) is 6.61 Å². The average molecular weight is 204 g/mol. The van der Waals surface area contributed by atoms with Crippen LogP contribution in [0.15, 0.2) is 48.6 Å². The summed E-state index contributed by atoms with van der Waals surface area (Å²) in [4.78, 5) is 0. The average Bonchev–Trinajstić information content (AvgIpc) is 2.31. The van der Waals surface area contributed by atoms with Gasteiger partial charge in [0.15, 0.2) is 5.67 Å². The third kappa shape index (κ3) is 2.16. The fourth-order valence-corrected chi connectivity index (χ4v) is 1.62. The molecule has 1 aliphatic carbocycles. The lowest BCUT2D eigenvalue weighted by atomic mass is 9.91. The lowest BCUT2D eigenvalue weighted by Crippen LogP contribution is -2.25. The van der Waals surface area contributed by atoms with Crippen molar-refractivity contribution in [2.24, 2.45) is 0 Å². The molecule has 1 N–H and O–H groups in total. The zero-order valence-electron chi connectivity index (χ0n) is 8.36. The summed E-state index contributed by atoms with van der Waals surface area (Å²) in [6, 6.07) is 9.82. The molecule has 0 aliphatic heterocycles. The van der Waals surface area contributed by atoms with Gasteiger partial charge in [-0.1, -0.05) is 42.5 Å². The van der Waals surface area contributed by atoms with Crippen LogP contribution in [0.25, 0.3) is 5.57 Å². The third-order valence-corrected chi connectivity index (χ3v) is 2.59. The number of hydrogen-bond donors (Lipinski definition) is 1. The molecular weight excluding hydrogens is 191 g/mol. The molecule has 2 rings (SSSR count). The molecule has 15 heavy (non-hydrogen) atoms. The molecule has 78 valence electrons. The van der Waals surface area contributed by atoms with Gasteiger partial charge in [-0.05, 0) is 17.2 Å². The number of benzene rings is 1. The summed E-state index contributed by atoms with van der Waals surface area (Å²) in [6.45, 7) is -0.456. The van der Waals surface area contributed by atoms with Crippen LogP contribution in [0.4, 0.5) is 4.39 Å². The summed E-state index contributed by atoms with van der Waals surface area (Å²) in [5, 5.41) is 8.85. The molecule has 0 bridgehead atoms. The molecule has 0 fully saturated rings. The monoisotopic (exact) mass is 204 g/mol. The summed E-state index contributed by atoms with van der Waals surface area (Å²) in [6.07, 6.45) is 5.24. The molecule has 0 spiro atoms. The molecule has 1 nitrogen and oxygen atoms in total. The van der Waals surface area contributed by atoms with Gasteiger partial charge in [0.25, 0.3) is 0 Å². The van der Waals surface area contributed by atoms with E-state index in [0.717, 1.165) is 11.1 Å². The number of aliphatic hydroxyl groups is 1. The first kappa shape index (κ1) is 10.1. The number of rotatable bonds is 2. The van der Waals surface area contributed by atoms with E-state index < -0.39 is 12.3 Å². The van der Waals surface area contributed by atoms with Crippen LogP contribution >= 0.6 is 0 Å². The number of alkyl halides is 1. The molecule has 1 aliphatic rings. The molecule has 1 atom stereocenters. The van der Waals surface area contributed by atoms with Crippen molar-refractivity contribution in [3.05, 3.63) is 54.1 Å². The Morgan fingerprint density at radius 3 is 2.53 bits per heavy atom. The van der Waals surface area contributed by atoms with Crippen LogP contribution in [0.1, 0.15) is 12.0 Å². The maximum atomic E-state index is 13.6. The van der Waals surface area contributed by atoms with Crippen molar-refractivity contribution < 1.29 is 9.50 Å². The van der Waals surface area contributed by atoms with E-state index in [0.29, 0.717) is 0 Å². The van der Waals surface area contributed by atoms with Gasteiger partial charge in [0.2, 0.25) is 0 Å². The minimum atomic E-state index is -1.57. The first-order valence-corrected chi connectivity index (χ1v) is 4.98. The Morgan fingerprint density at radius 1 is 1.27 bits per heavy atom. The van der Waals surface area contributed by atoms with Crippen LogP contribution in [0.5, 0.6) is 0 Å². The molecule has 0 heterocycles. The van der Waals surface area contributed by atoms with Gasteiger partial charge in [0, 0.05) is 6.42 Å². The Hall–Kier alpha value is -1.41. The molecule has 0 saturated heterocycles. The predicted molar refractivity (Wildman–Crippen MR) is 59.1 cm³/mol. The van der Waals surface area contributed by atoms with Gasteiger partial charge in [-0.2, -0.15) is 0 Å². The van der Waals surface area contributed by atoms with Gasteiger partial charge < -0.3 is 5.11 Å². The molecule has 0 radical (unpaired) electrons. The second-order valence-corrected chi connectivity index (χ2v) is 3.76. The fourth-order valence-electron chi connectivity index (χ4n) is 1.62. The van der Waals surface area contributed by atoms with Crippen molar-refractivity contribution >= 4 is 5.57 Å². The first-order chi connectivity index (χ1) is 7.23. The van der Waals surface area contributed by atoms with E-state index in [-0.39, 0.29) is 6.42 Å². The Bertz CT molecular complexity index is 394. The van der Waals surface area contributed by atoms with E-state index in [1.165, 1.54) is 6.08 Å². The largest absolute Gasteiger partial charge is 0.393 e. The van der Waals surface area contributed by atoms with Crippen LogP contribution in [-0.2, 0) is 0 Å². The van der Waals surface area contributed by atoms with Crippen molar-refractivity contribution in [3.63, 3.8) is 0 Å². The van der Waals surface area contributed by atoms with Crippen LogP contribution < -0.4 is 0 Å². The van der Waals surface area contributed by atoms with Crippen molar-refractivity contribution in [3.8, 4) is 0 Å². The van der Waals surface area contributed by atoms with Crippen LogP contribution in [-0.4, -0.2) is 17.4 Å². The van der Waals surface area contributed by atoms with E-state index in [4.69, 9.17) is 5.11 Å². The van der Waals surface area contributed by atoms with Crippen molar-refractivity contribution in [1.29, 1.82) is 0 Å². The second-order valence-electron chi connectivity index (χ2n) is 3.76. The zero-order valence-corrected chi connectivity index (χ0v) is 8.36. The summed E-state index contributed by atoms with van der Waals surface area (Å²) < 4.78 is 13.6. The van der Waals surface area contributed by atoms with Crippen molar-refractivity contribution in [1.82, 2.24) is 0 Å².